The standard InChI is InChI=1S/C19H20Cl3N3O3S/c20-14-5-7-17(8-6-14)29(27,28)25-9-1-2-16(12-25)24-19(26)23-11-13-3-4-15(21)10-18(13)22/h3-8,10,16H,1-2,9,11-12H2,(H2,23,24,26). The van der Waals surface area contributed by atoms with E-state index in [0.717, 1.165) is 5.56 Å². The van der Waals surface area contributed by atoms with E-state index in [1.54, 1.807) is 30.3 Å². The summed E-state index contributed by atoms with van der Waals surface area (Å²) >= 11 is 17.8. The highest BCUT2D eigenvalue weighted by Gasteiger charge is 2.30. The first-order valence-electron chi connectivity index (χ1n) is 9.00. The number of halogens is 3. The van der Waals surface area contributed by atoms with Crippen LogP contribution in [0.4, 0.5) is 4.79 Å². The number of carbonyl (C=O) groups excluding carboxylic acids is 1. The number of carbonyl (C=O) groups is 1. The Hall–Kier alpha value is -1.51. The molecule has 1 aliphatic rings. The Balaban J connectivity index is 1.57. The number of hydrogen-bond acceptors (Lipinski definition) is 3. The maximum atomic E-state index is 12.8. The molecule has 1 aliphatic heterocycles. The molecule has 29 heavy (non-hydrogen) atoms. The second-order valence-corrected chi connectivity index (χ2v) is 9.94. The summed E-state index contributed by atoms with van der Waals surface area (Å²) in [6.07, 6.45) is 1.35. The highest BCUT2D eigenvalue weighted by atomic mass is 35.5. The highest BCUT2D eigenvalue weighted by molar-refractivity contribution is 7.89. The fourth-order valence-corrected chi connectivity index (χ4v) is 5.24. The van der Waals surface area contributed by atoms with Crippen molar-refractivity contribution >= 4 is 50.9 Å². The second kappa shape index (κ2) is 9.53. The largest absolute Gasteiger partial charge is 0.334 e. The van der Waals surface area contributed by atoms with Crippen LogP contribution in [0.5, 0.6) is 0 Å². The van der Waals surface area contributed by atoms with E-state index in [1.807, 2.05) is 0 Å². The van der Waals surface area contributed by atoms with E-state index in [0.29, 0.717) is 34.5 Å². The molecule has 1 fully saturated rings. The number of urea groups is 1. The molecule has 0 bridgehead atoms. The van der Waals surface area contributed by atoms with Gasteiger partial charge >= 0.3 is 6.03 Å². The van der Waals surface area contributed by atoms with Gasteiger partial charge in [-0.3, -0.25) is 0 Å². The SMILES string of the molecule is O=C(NCc1ccc(Cl)cc1Cl)NC1CCCN(S(=O)(=O)c2ccc(Cl)cc2)C1. The molecule has 10 heteroatoms. The van der Waals surface area contributed by atoms with Gasteiger partial charge in [0.15, 0.2) is 0 Å². The van der Waals surface area contributed by atoms with Crippen molar-refractivity contribution in [2.45, 2.75) is 30.3 Å². The molecule has 1 unspecified atom stereocenters. The maximum Gasteiger partial charge on any atom is 0.315 e. The molecule has 2 aromatic rings. The summed E-state index contributed by atoms with van der Waals surface area (Å²) < 4.78 is 27.1. The molecule has 1 atom stereocenters. The molecule has 2 aromatic carbocycles. The summed E-state index contributed by atoms with van der Waals surface area (Å²) in [7, 11) is -3.64. The monoisotopic (exact) mass is 475 g/mol. The summed E-state index contributed by atoms with van der Waals surface area (Å²) in [6.45, 7) is 0.854. The topological polar surface area (TPSA) is 78.5 Å². The van der Waals surface area contributed by atoms with Gasteiger partial charge in [0.1, 0.15) is 0 Å². The molecule has 0 aliphatic carbocycles. The minimum Gasteiger partial charge on any atom is -0.334 e. The quantitative estimate of drug-likeness (QED) is 0.675. The van der Waals surface area contributed by atoms with Gasteiger partial charge in [0.05, 0.1) is 4.90 Å². The predicted molar refractivity (Wildman–Crippen MR) is 115 cm³/mol. The van der Waals surface area contributed by atoms with Crippen LogP contribution in [-0.4, -0.2) is 37.9 Å². The van der Waals surface area contributed by atoms with Crippen molar-refractivity contribution in [3.05, 3.63) is 63.1 Å². The zero-order valence-electron chi connectivity index (χ0n) is 15.4. The lowest BCUT2D eigenvalue weighted by Crippen LogP contribution is -2.51. The third-order valence-corrected chi connectivity index (χ3v) is 7.34. The minimum absolute atomic E-state index is 0.185. The number of nitrogens with zero attached hydrogens (tertiary/aromatic N) is 1. The molecule has 2 amide bonds. The molecule has 1 heterocycles. The molecular formula is C19H20Cl3N3O3S. The molecule has 0 saturated carbocycles. The van der Waals surface area contributed by atoms with Gasteiger partial charge in [0.25, 0.3) is 0 Å². The van der Waals surface area contributed by atoms with Crippen LogP contribution < -0.4 is 10.6 Å². The van der Waals surface area contributed by atoms with Gasteiger partial charge in [-0.05, 0) is 54.8 Å². The van der Waals surface area contributed by atoms with Crippen molar-refractivity contribution in [3.8, 4) is 0 Å². The van der Waals surface area contributed by atoms with Crippen LogP contribution in [0.2, 0.25) is 15.1 Å². The number of amides is 2. The first kappa shape index (κ1) is 22.2. The molecule has 2 N–H and O–H groups in total. The Morgan fingerprint density at radius 3 is 2.45 bits per heavy atom. The minimum atomic E-state index is -3.64. The van der Waals surface area contributed by atoms with Crippen molar-refractivity contribution in [3.63, 3.8) is 0 Å². The summed E-state index contributed by atoms with van der Waals surface area (Å²) in [4.78, 5) is 12.4. The van der Waals surface area contributed by atoms with Crippen molar-refractivity contribution < 1.29 is 13.2 Å². The molecule has 0 radical (unpaired) electrons. The molecular weight excluding hydrogens is 457 g/mol. The zero-order valence-corrected chi connectivity index (χ0v) is 18.5. The van der Waals surface area contributed by atoms with Crippen molar-refractivity contribution in [1.29, 1.82) is 0 Å². The van der Waals surface area contributed by atoms with Crippen LogP contribution in [0.25, 0.3) is 0 Å². The first-order chi connectivity index (χ1) is 13.8. The van der Waals surface area contributed by atoms with E-state index >= 15 is 0 Å². The number of rotatable bonds is 5. The van der Waals surface area contributed by atoms with Crippen molar-refractivity contribution in [2.24, 2.45) is 0 Å². The average molecular weight is 477 g/mol. The van der Waals surface area contributed by atoms with E-state index < -0.39 is 10.0 Å². The molecule has 0 aromatic heterocycles. The molecule has 156 valence electrons. The van der Waals surface area contributed by atoms with Gasteiger partial charge in [-0.25, -0.2) is 13.2 Å². The summed E-state index contributed by atoms with van der Waals surface area (Å²) in [6, 6.07) is 10.4. The lowest BCUT2D eigenvalue weighted by atomic mass is 10.1. The number of piperidine rings is 1. The van der Waals surface area contributed by atoms with E-state index in [4.69, 9.17) is 34.8 Å². The Labute approximate surface area is 185 Å². The van der Waals surface area contributed by atoms with Gasteiger partial charge in [0.2, 0.25) is 10.0 Å². The van der Waals surface area contributed by atoms with Crippen LogP contribution in [0.3, 0.4) is 0 Å². The van der Waals surface area contributed by atoms with Gasteiger partial charge in [0, 0.05) is 40.7 Å². The second-order valence-electron chi connectivity index (χ2n) is 6.72. The smallest absolute Gasteiger partial charge is 0.315 e. The molecule has 6 nitrogen and oxygen atoms in total. The highest BCUT2D eigenvalue weighted by Crippen LogP contribution is 2.23. The lowest BCUT2D eigenvalue weighted by Gasteiger charge is -2.32. The van der Waals surface area contributed by atoms with E-state index in [1.165, 1.54) is 16.4 Å². The van der Waals surface area contributed by atoms with Gasteiger partial charge in [-0.1, -0.05) is 40.9 Å². The molecule has 0 spiro atoms. The van der Waals surface area contributed by atoms with Crippen LogP contribution in [0, 0.1) is 0 Å². The Bertz CT molecular complexity index is 984. The van der Waals surface area contributed by atoms with E-state index in [-0.39, 0.29) is 30.1 Å². The number of hydrogen-bond donors (Lipinski definition) is 2. The van der Waals surface area contributed by atoms with Gasteiger partial charge in [-0.2, -0.15) is 4.31 Å². The Morgan fingerprint density at radius 1 is 1.07 bits per heavy atom. The average Bonchev–Trinajstić information content (AvgIpc) is 2.68. The van der Waals surface area contributed by atoms with Crippen LogP contribution in [-0.2, 0) is 16.6 Å². The Morgan fingerprint density at radius 2 is 1.76 bits per heavy atom. The molecule has 1 saturated heterocycles. The lowest BCUT2D eigenvalue weighted by molar-refractivity contribution is 0.225. The molecule has 3 rings (SSSR count). The number of benzene rings is 2. The third kappa shape index (κ3) is 5.77. The normalized spacial score (nSPS) is 17.7. The van der Waals surface area contributed by atoms with E-state index in [2.05, 4.69) is 10.6 Å². The fourth-order valence-electron chi connectivity index (χ4n) is 3.11. The summed E-state index contributed by atoms with van der Waals surface area (Å²) in [5.74, 6) is 0. The maximum absolute atomic E-state index is 12.8. The zero-order chi connectivity index (χ0) is 21.0. The van der Waals surface area contributed by atoms with E-state index in [9.17, 15) is 13.2 Å². The van der Waals surface area contributed by atoms with Crippen LogP contribution >= 0.6 is 34.8 Å². The van der Waals surface area contributed by atoms with Crippen LogP contribution in [0.1, 0.15) is 18.4 Å². The van der Waals surface area contributed by atoms with Crippen molar-refractivity contribution in [2.75, 3.05) is 13.1 Å². The third-order valence-electron chi connectivity index (χ3n) is 4.63. The van der Waals surface area contributed by atoms with Gasteiger partial charge in [-0.15, -0.1) is 0 Å². The first-order valence-corrected chi connectivity index (χ1v) is 11.6. The Kier molecular flexibility index (Phi) is 7.29. The van der Waals surface area contributed by atoms with Crippen LogP contribution in [0.15, 0.2) is 47.4 Å². The summed E-state index contributed by atoms with van der Waals surface area (Å²) in [5.41, 5.74) is 0.738. The number of sulfonamides is 1. The fraction of sp³-hybridized carbons (Fsp3) is 0.316. The van der Waals surface area contributed by atoms with Gasteiger partial charge < -0.3 is 10.6 Å². The predicted octanol–water partition coefficient (Wildman–Crippen LogP) is 4.30. The number of nitrogens with one attached hydrogen (secondary N) is 2. The van der Waals surface area contributed by atoms with Crippen molar-refractivity contribution in [1.82, 2.24) is 14.9 Å². The summed E-state index contributed by atoms with van der Waals surface area (Å²) in [5, 5.41) is 7.03.